The number of fused-ring (bicyclic) bond motifs is 5. The van der Waals surface area contributed by atoms with E-state index < -0.39 is 15.9 Å². The molecule has 4 rings (SSSR count). The maximum Gasteiger partial charge on any atom is 0.266 e. The highest BCUT2D eigenvalue weighted by Crippen LogP contribution is 2.68. The Morgan fingerprint density at radius 2 is 1.68 bits per heavy atom. The number of carbonyl (C=O) groups is 1. The fourth-order valence-electron chi connectivity index (χ4n) is 9.22. The van der Waals surface area contributed by atoms with Gasteiger partial charge in [-0.3, -0.25) is 9.35 Å². The maximum absolute atomic E-state index is 12.2. The van der Waals surface area contributed by atoms with Gasteiger partial charge in [-0.05, 0) is 104 Å². The summed E-state index contributed by atoms with van der Waals surface area (Å²) in [5.74, 6) is 2.36. The van der Waals surface area contributed by atoms with Crippen LogP contribution in [0.3, 0.4) is 0 Å². The molecule has 0 aliphatic heterocycles. The molecule has 3 unspecified atom stereocenters. The minimum Gasteiger partial charge on any atom is -0.393 e. The molecule has 0 aromatic heterocycles. The first-order chi connectivity index (χ1) is 15.8. The Morgan fingerprint density at radius 1 is 1.00 bits per heavy atom. The number of carbonyl (C=O) groups excluding carboxylic acids is 1. The van der Waals surface area contributed by atoms with Crippen LogP contribution < -0.4 is 5.32 Å². The molecule has 1 amide bonds. The zero-order valence-electron chi connectivity index (χ0n) is 21.1. The van der Waals surface area contributed by atoms with E-state index in [9.17, 15) is 23.4 Å². The molecule has 34 heavy (non-hydrogen) atoms. The van der Waals surface area contributed by atoms with E-state index in [0.717, 1.165) is 32.1 Å². The van der Waals surface area contributed by atoms with Crippen molar-refractivity contribution in [1.82, 2.24) is 5.32 Å². The Labute approximate surface area is 205 Å². The highest BCUT2D eigenvalue weighted by atomic mass is 32.2. The predicted molar refractivity (Wildman–Crippen MR) is 130 cm³/mol. The minimum atomic E-state index is -4.06. The molecule has 7 nitrogen and oxygen atoms in total. The second-order valence-corrected chi connectivity index (χ2v) is 14.2. The van der Waals surface area contributed by atoms with Crippen molar-refractivity contribution in [2.75, 3.05) is 12.3 Å². The number of rotatable bonds is 7. The van der Waals surface area contributed by atoms with Gasteiger partial charge in [-0.2, -0.15) is 8.42 Å². The topological polar surface area (TPSA) is 124 Å². The lowest BCUT2D eigenvalue weighted by Crippen LogP contribution is -2.58. The van der Waals surface area contributed by atoms with Gasteiger partial charge in [-0.1, -0.05) is 20.8 Å². The molecule has 4 aliphatic carbocycles. The fourth-order valence-corrected chi connectivity index (χ4v) is 9.58. The molecular weight excluding hydrogens is 454 g/mol. The third-order valence-electron chi connectivity index (χ3n) is 10.9. The summed E-state index contributed by atoms with van der Waals surface area (Å²) < 4.78 is 30.5. The van der Waals surface area contributed by atoms with Crippen LogP contribution in [0.1, 0.15) is 85.0 Å². The van der Waals surface area contributed by atoms with Crippen LogP contribution in [0.5, 0.6) is 0 Å². The van der Waals surface area contributed by atoms with Crippen LogP contribution in [0, 0.1) is 46.3 Å². The molecule has 4 saturated carbocycles. The summed E-state index contributed by atoms with van der Waals surface area (Å²) in [6.45, 7) is 7.05. The summed E-state index contributed by atoms with van der Waals surface area (Å²) >= 11 is 0. The van der Waals surface area contributed by atoms with Crippen molar-refractivity contribution in [3.05, 3.63) is 0 Å². The highest BCUT2D eigenvalue weighted by molar-refractivity contribution is 7.85. The molecule has 0 saturated heterocycles. The Hall–Kier alpha value is -0.700. The van der Waals surface area contributed by atoms with Gasteiger partial charge >= 0.3 is 0 Å². The van der Waals surface area contributed by atoms with Crippen molar-refractivity contribution in [2.24, 2.45) is 46.3 Å². The van der Waals surface area contributed by atoms with Gasteiger partial charge in [0.1, 0.15) is 0 Å². The summed E-state index contributed by atoms with van der Waals surface area (Å²) in [6, 6.07) is 0. The summed E-state index contributed by atoms with van der Waals surface area (Å²) in [5, 5.41) is 24.0. The van der Waals surface area contributed by atoms with Gasteiger partial charge in [0.25, 0.3) is 10.1 Å². The molecule has 0 spiro atoms. The van der Waals surface area contributed by atoms with Gasteiger partial charge in [-0.15, -0.1) is 0 Å². The van der Waals surface area contributed by atoms with E-state index in [2.05, 4.69) is 26.1 Å². The minimum absolute atomic E-state index is 0.0581. The molecule has 4 fully saturated rings. The van der Waals surface area contributed by atoms with Crippen molar-refractivity contribution in [1.29, 1.82) is 0 Å². The van der Waals surface area contributed by atoms with E-state index in [-0.39, 0.29) is 41.4 Å². The van der Waals surface area contributed by atoms with Gasteiger partial charge in [0.15, 0.2) is 0 Å². The molecule has 196 valence electrons. The van der Waals surface area contributed by atoms with Crippen molar-refractivity contribution in [3.8, 4) is 0 Å². The number of nitrogens with one attached hydrogen (secondary N) is 1. The lowest BCUT2D eigenvalue weighted by molar-refractivity contribution is -0.172. The first-order valence-corrected chi connectivity index (χ1v) is 15.0. The summed E-state index contributed by atoms with van der Waals surface area (Å²) in [4.78, 5) is 12.2. The normalized spacial score (nSPS) is 45.1. The largest absolute Gasteiger partial charge is 0.393 e. The fraction of sp³-hybridized carbons (Fsp3) is 0.962. The molecule has 0 bridgehead atoms. The van der Waals surface area contributed by atoms with Crippen molar-refractivity contribution in [2.45, 2.75) is 97.2 Å². The predicted octanol–water partition coefficient (Wildman–Crippen LogP) is 3.40. The van der Waals surface area contributed by atoms with Crippen molar-refractivity contribution < 1.29 is 28.0 Å². The standard InChI is InChI=1S/C26H45NO6S/c1-16(4-7-24(30)27-12-13-34(31,32)33)19-5-6-20-18-15-23(29)22-14-17(28)8-10-26(22,3)21(18)9-11-25(19,20)2/h16-23,28-29H,4-15H2,1-3H3,(H,27,30)(H,31,32,33)/t16?,17?,18-,19+,20+,21+,22-,23?,25-,26-/m1/s1. The molecule has 0 aromatic carbocycles. The summed E-state index contributed by atoms with van der Waals surface area (Å²) in [7, 11) is -4.06. The molecule has 4 N–H and O–H groups in total. The molecule has 0 aromatic rings. The smallest absolute Gasteiger partial charge is 0.266 e. The van der Waals surface area contributed by atoms with Crippen molar-refractivity contribution in [3.63, 3.8) is 0 Å². The SMILES string of the molecule is CC(CCC(=O)NCCS(=O)(=O)O)[C@@H]1CC[C@H]2[C@H]3CC(O)[C@H]4CC(O)CC[C@]4(C)[C@H]3CC[C@]12C. The third kappa shape index (κ3) is 4.94. The van der Waals surface area contributed by atoms with Crippen LogP contribution in [0.25, 0.3) is 0 Å². The zero-order valence-corrected chi connectivity index (χ0v) is 21.9. The molecule has 0 radical (unpaired) electrons. The summed E-state index contributed by atoms with van der Waals surface area (Å²) in [5.41, 5.74) is 0.367. The monoisotopic (exact) mass is 499 g/mol. The second kappa shape index (κ2) is 9.64. The lowest BCUT2D eigenvalue weighted by atomic mass is 9.44. The molecular formula is C26H45NO6S. The second-order valence-electron chi connectivity index (χ2n) is 12.6. The van der Waals surface area contributed by atoms with Crippen LogP contribution in [-0.2, 0) is 14.9 Å². The van der Waals surface area contributed by atoms with E-state index in [1.165, 1.54) is 25.7 Å². The first-order valence-electron chi connectivity index (χ1n) is 13.4. The average molecular weight is 500 g/mol. The molecule has 0 heterocycles. The van der Waals surface area contributed by atoms with Gasteiger partial charge in [0, 0.05) is 13.0 Å². The van der Waals surface area contributed by atoms with Crippen LogP contribution in [-0.4, -0.2) is 53.6 Å². The van der Waals surface area contributed by atoms with Crippen LogP contribution >= 0.6 is 0 Å². The van der Waals surface area contributed by atoms with Gasteiger partial charge < -0.3 is 15.5 Å². The van der Waals surface area contributed by atoms with E-state index in [1.807, 2.05) is 0 Å². The van der Waals surface area contributed by atoms with Crippen LogP contribution in [0.2, 0.25) is 0 Å². The van der Waals surface area contributed by atoms with Gasteiger partial charge in [0.2, 0.25) is 5.91 Å². The Kier molecular flexibility index (Phi) is 7.47. The van der Waals surface area contributed by atoms with E-state index >= 15 is 0 Å². The summed E-state index contributed by atoms with van der Waals surface area (Å²) in [6.07, 6.45) is 8.84. The average Bonchev–Trinajstić information content (AvgIpc) is 3.10. The number of hydrogen-bond acceptors (Lipinski definition) is 5. The Morgan fingerprint density at radius 3 is 2.38 bits per heavy atom. The quantitative estimate of drug-likeness (QED) is 0.398. The lowest BCUT2D eigenvalue weighted by Gasteiger charge is -2.62. The zero-order chi connectivity index (χ0) is 24.9. The molecule has 10 atom stereocenters. The van der Waals surface area contributed by atoms with E-state index in [4.69, 9.17) is 4.55 Å². The highest BCUT2D eigenvalue weighted by Gasteiger charge is 2.62. The van der Waals surface area contributed by atoms with E-state index in [1.54, 1.807) is 0 Å². The number of aliphatic hydroxyl groups excluding tert-OH is 2. The molecule has 4 aliphatic rings. The molecule has 8 heteroatoms. The van der Waals surface area contributed by atoms with Gasteiger partial charge in [0.05, 0.1) is 18.0 Å². The Bertz CT molecular complexity index is 863. The maximum atomic E-state index is 12.2. The van der Waals surface area contributed by atoms with E-state index in [0.29, 0.717) is 36.0 Å². The van der Waals surface area contributed by atoms with Gasteiger partial charge in [-0.25, -0.2) is 0 Å². The Balaban J connectivity index is 1.38. The van der Waals surface area contributed by atoms with Crippen molar-refractivity contribution >= 4 is 16.0 Å². The van der Waals surface area contributed by atoms with Crippen LogP contribution in [0.4, 0.5) is 0 Å². The number of amides is 1. The van der Waals surface area contributed by atoms with Crippen LogP contribution in [0.15, 0.2) is 0 Å². The number of aliphatic hydroxyl groups is 2. The number of hydrogen-bond donors (Lipinski definition) is 4. The third-order valence-corrected chi connectivity index (χ3v) is 11.6. The first kappa shape index (κ1) is 26.4.